The second-order valence-electron chi connectivity index (χ2n) is 5.87. The van der Waals surface area contributed by atoms with Crippen molar-refractivity contribution in [2.45, 2.75) is 18.6 Å². The highest BCUT2D eigenvalue weighted by Gasteiger charge is 2.31. The van der Waals surface area contributed by atoms with Gasteiger partial charge in [-0.25, -0.2) is 0 Å². The first-order valence-electron chi connectivity index (χ1n) is 8.15. The Hall–Kier alpha value is -3.28. The molecular formula is C18H14F6N2O4. The third-order valence-electron chi connectivity index (χ3n) is 3.63. The number of rotatable bonds is 5. The number of halogens is 6. The van der Waals surface area contributed by atoms with E-state index < -0.39 is 48.3 Å². The summed E-state index contributed by atoms with van der Waals surface area (Å²) in [7, 11) is 0. The summed E-state index contributed by atoms with van der Waals surface area (Å²) in [6, 6.07) is 7.59. The van der Waals surface area contributed by atoms with Gasteiger partial charge < -0.3 is 20.5 Å². The average Bonchev–Trinajstić information content (AvgIpc) is 2.65. The van der Waals surface area contributed by atoms with Crippen LogP contribution in [0.15, 0.2) is 48.5 Å². The van der Waals surface area contributed by atoms with Gasteiger partial charge in [0.15, 0.2) is 0 Å². The molecule has 0 aromatic heterocycles. The van der Waals surface area contributed by atoms with E-state index in [1.54, 1.807) is 0 Å². The van der Waals surface area contributed by atoms with Gasteiger partial charge in [0.2, 0.25) is 0 Å². The number of benzene rings is 2. The lowest BCUT2D eigenvalue weighted by Crippen LogP contribution is -2.37. The highest BCUT2D eigenvalue weighted by atomic mass is 19.4. The number of nitrogens with one attached hydrogen (secondary N) is 2. The molecule has 1 atom stereocenters. The van der Waals surface area contributed by atoms with E-state index in [1.165, 1.54) is 0 Å². The van der Waals surface area contributed by atoms with Gasteiger partial charge in [0.25, 0.3) is 0 Å². The van der Waals surface area contributed by atoms with Crippen LogP contribution in [0.25, 0.3) is 0 Å². The van der Waals surface area contributed by atoms with Gasteiger partial charge in [-0.3, -0.25) is 9.59 Å². The Labute approximate surface area is 165 Å². The molecule has 0 aliphatic carbocycles. The lowest BCUT2D eigenvalue weighted by molar-refractivity contribution is -0.274. The molecule has 6 nitrogen and oxygen atoms in total. The van der Waals surface area contributed by atoms with Crippen molar-refractivity contribution in [2.75, 3.05) is 11.9 Å². The minimum atomic E-state index is -4.88. The van der Waals surface area contributed by atoms with Crippen LogP contribution in [0, 0.1) is 0 Å². The van der Waals surface area contributed by atoms with E-state index in [-0.39, 0.29) is 11.3 Å². The molecular weight excluding hydrogens is 422 g/mol. The Balaban J connectivity index is 1.86. The summed E-state index contributed by atoms with van der Waals surface area (Å²) >= 11 is 0. The summed E-state index contributed by atoms with van der Waals surface area (Å²) in [4.78, 5) is 23.6. The van der Waals surface area contributed by atoms with Crippen LogP contribution in [0.5, 0.6) is 5.75 Å². The summed E-state index contributed by atoms with van der Waals surface area (Å²) in [5.74, 6) is -2.86. The average molecular weight is 436 g/mol. The monoisotopic (exact) mass is 436 g/mol. The normalized spacial score (nSPS) is 12.8. The molecule has 0 fully saturated rings. The van der Waals surface area contributed by atoms with Gasteiger partial charge in [-0.05, 0) is 42.0 Å². The molecule has 3 N–H and O–H groups in total. The smallest absolute Gasteiger partial charge is 0.406 e. The van der Waals surface area contributed by atoms with Crippen LogP contribution in [0.4, 0.5) is 32.0 Å². The third kappa shape index (κ3) is 6.95. The Morgan fingerprint density at radius 3 is 1.97 bits per heavy atom. The van der Waals surface area contributed by atoms with E-state index in [1.807, 2.05) is 0 Å². The molecule has 12 heteroatoms. The zero-order chi connectivity index (χ0) is 22.5. The molecule has 0 saturated carbocycles. The number of amides is 2. The summed E-state index contributed by atoms with van der Waals surface area (Å²) in [6.45, 7) is -0.462. The molecule has 2 aromatic rings. The van der Waals surface area contributed by atoms with E-state index in [0.717, 1.165) is 48.5 Å². The third-order valence-corrected chi connectivity index (χ3v) is 3.63. The second kappa shape index (κ2) is 9.03. The predicted molar refractivity (Wildman–Crippen MR) is 91.2 cm³/mol. The van der Waals surface area contributed by atoms with E-state index in [9.17, 15) is 41.0 Å². The SMILES string of the molecule is O=C(NC[C@@H](O)c1ccc(C(F)(F)F)cc1)C(=O)Nc1ccc(OC(F)(F)F)cc1. The number of anilines is 1. The van der Waals surface area contributed by atoms with E-state index in [2.05, 4.69) is 15.4 Å². The van der Waals surface area contributed by atoms with Crippen molar-refractivity contribution >= 4 is 17.5 Å². The first-order chi connectivity index (χ1) is 13.8. The van der Waals surface area contributed by atoms with E-state index >= 15 is 0 Å². The van der Waals surface area contributed by atoms with E-state index in [4.69, 9.17) is 0 Å². The molecule has 0 aliphatic heterocycles. The number of hydrogen-bond donors (Lipinski definition) is 3. The maximum absolute atomic E-state index is 12.5. The Kier molecular flexibility index (Phi) is 6.92. The van der Waals surface area contributed by atoms with Crippen molar-refractivity contribution in [3.8, 4) is 5.75 Å². The van der Waals surface area contributed by atoms with E-state index in [0.29, 0.717) is 0 Å². The number of carbonyl (C=O) groups is 2. The van der Waals surface area contributed by atoms with Crippen LogP contribution in [0.2, 0.25) is 0 Å². The fourth-order valence-electron chi connectivity index (χ4n) is 2.21. The lowest BCUT2D eigenvalue weighted by Gasteiger charge is -2.14. The van der Waals surface area contributed by atoms with Crippen LogP contribution in [-0.2, 0) is 15.8 Å². The zero-order valence-corrected chi connectivity index (χ0v) is 14.8. The molecule has 0 aliphatic rings. The number of alkyl halides is 6. The molecule has 2 rings (SSSR count). The lowest BCUT2D eigenvalue weighted by atomic mass is 10.1. The number of ether oxygens (including phenoxy) is 1. The quantitative estimate of drug-likeness (QED) is 0.496. The second-order valence-corrected chi connectivity index (χ2v) is 5.87. The predicted octanol–water partition coefficient (Wildman–Crippen LogP) is 3.39. The van der Waals surface area contributed by atoms with Gasteiger partial charge in [0, 0.05) is 12.2 Å². The molecule has 2 amide bonds. The molecule has 162 valence electrons. The van der Waals surface area contributed by atoms with Gasteiger partial charge in [-0.2, -0.15) is 13.2 Å². The molecule has 0 heterocycles. The minimum Gasteiger partial charge on any atom is -0.406 e. The van der Waals surface area contributed by atoms with Crippen molar-refractivity contribution in [1.29, 1.82) is 0 Å². The van der Waals surface area contributed by atoms with Crippen molar-refractivity contribution in [2.24, 2.45) is 0 Å². The minimum absolute atomic E-state index is 0.00737. The van der Waals surface area contributed by atoms with Crippen molar-refractivity contribution in [1.82, 2.24) is 5.32 Å². The molecule has 0 saturated heterocycles. The molecule has 2 aromatic carbocycles. The topological polar surface area (TPSA) is 87.7 Å². The molecule has 0 bridgehead atoms. The number of hydrogen-bond acceptors (Lipinski definition) is 4. The highest BCUT2D eigenvalue weighted by Crippen LogP contribution is 2.30. The van der Waals surface area contributed by atoms with Crippen LogP contribution in [0.3, 0.4) is 0 Å². The Morgan fingerprint density at radius 2 is 1.47 bits per heavy atom. The van der Waals surface area contributed by atoms with Crippen molar-refractivity contribution < 1.29 is 45.8 Å². The summed E-state index contributed by atoms with van der Waals surface area (Å²) in [6.07, 6.45) is -10.8. The molecule has 30 heavy (non-hydrogen) atoms. The fraction of sp³-hybridized carbons (Fsp3) is 0.222. The largest absolute Gasteiger partial charge is 0.573 e. The zero-order valence-electron chi connectivity index (χ0n) is 14.8. The highest BCUT2D eigenvalue weighted by molar-refractivity contribution is 6.39. The van der Waals surface area contributed by atoms with Crippen LogP contribution in [0.1, 0.15) is 17.2 Å². The first kappa shape index (κ1) is 23.0. The number of aliphatic hydroxyl groups is 1. The summed E-state index contributed by atoms with van der Waals surface area (Å²) in [5.41, 5.74) is -0.814. The molecule has 0 radical (unpaired) electrons. The number of aliphatic hydroxyl groups excluding tert-OH is 1. The van der Waals surface area contributed by atoms with Gasteiger partial charge in [0.05, 0.1) is 11.7 Å². The summed E-state index contributed by atoms with van der Waals surface area (Å²) in [5, 5.41) is 14.1. The maximum Gasteiger partial charge on any atom is 0.573 e. The van der Waals surface area contributed by atoms with Crippen LogP contribution >= 0.6 is 0 Å². The van der Waals surface area contributed by atoms with Gasteiger partial charge in [-0.15, -0.1) is 13.2 Å². The van der Waals surface area contributed by atoms with Gasteiger partial charge in [-0.1, -0.05) is 12.1 Å². The molecule has 0 unspecified atom stereocenters. The molecule has 0 spiro atoms. The first-order valence-corrected chi connectivity index (χ1v) is 8.15. The fourth-order valence-corrected chi connectivity index (χ4v) is 2.21. The van der Waals surface area contributed by atoms with Gasteiger partial charge in [0.1, 0.15) is 5.75 Å². The van der Waals surface area contributed by atoms with Gasteiger partial charge >= 0.3 is 24.4 Å². The Bertz CT molecular complexity index is 880. The van der Waals surface area contributed by atoms with Crippen molar-refractivity contribution in [3.05, 3.63) is 59.7 Å². The summed E-state index contributed by atoms with van der Waals surface area (Å²) < 4.78 is 77.5. The van der Waals surface area contributed by atoms with Crippen LogP contribution < -0.4 is 15.4 Å². The number of carbonyl (C=O) groups excluding carboxylic acids is 2. The maximum atomic E-state index is 12.5. The standard InChI is InChI=1S/C18H14F6N2O4/c19-17(20,21)11-3-1-10(2-4-11)14(27)9-25-15(28)16(29)26-12-5-7-13(8-6-12)30-18(22,23)24/h1-8,14,27H,9H2,(H,25,28)(H,26,29)/t14-/m1/s1. The van der Waals surface area contributed by atoms with Crippen molar-refractivity contribution in [3.63, 3.8) is 0 Å². The van der Waals surface area contributed by atoms with Crippen LogP contribution in [-0.4, -0.2) is 29.8 Å². The Morgan fingerprint density at radius 1 is 0.900 bits per heavy atom.